The molecule has 0 aliphatic heterocycles. The van der Waals surface area contributed by atoms with Crippen LogP contribution in [0.2, 0.25) is 5.02 Å². The number of amides is 1. The summed E-state index contributed by atoms with van der Waals surface area (Å²) < 4.78 is 0. The van der Waals surface area contributed by atoms with E-state index in [2.05, 4.69) is 5.16 Å². The third-order valence-corrected chi connectivity index (χ3v) is 4.15. The van der Waals surface area contributed by atoms with Crippen LogP contribution in [0.3, 0.4) is 0 Å². The minimum absolute atomic E-state index is 0.0108. The summed E-state index contributed by atoms with van der Waals surface area (Å²) in [6.07, 6.45) is 2.18. The molecule has 0 saturated heterocycles. The lowest BCUT2D eigenvalue weighted by atomic mass is 9.67. The second-order valence-corrected chi connectivity index (χ2v) is 5.65. The maximum absolute atomic E-state index is 12.5. The Morgan fingerprint density at radius 2 is 2.05 bits per heavy atom. The fourth-order valence-electron chi connectivity index (χ4n) is 2.51. The predicted octanol–water partition coefficient (Wildman–Crippen LogP) is 2.22. The molecular formula is C14H18ClN3O2. The minimum Gasteiger partial charge on any atom is -0.409 e. The average molecular weight is 296 g/mol. The number of hydrogen-bond acceptors (Lipinski definition) is 3. The Bertz CT molecular complexity index is 524. The van der Waals surface area contributed by atoms with Crippen LogP contribution in [0.4, 0.5) is 0 Å². The van der Waals surface area contributed by atoms with Gasteiger partial charge in [-0.05, 0) is 30.5 Å². The SMILES string of the molecule is CN(Cc1ccc(Cl)cc1)C(=O)C1(/C(N)=N/O)CCC1. The second-order valence-electron chi connectivity index (χ2n) is 5.21. The van der Waals surface area contributed by atoms with Crippen molar-refractivity contribution in [3.05, 3.63) is 34.9 Å². The summed E-state index contributed by atoms with van der Waals surface area (Å²) in [6, 6.07) is 7.34. The van der Waals surface area contributed by atoms with Crippen LogP contribution in [0.25, 0.3) is 0 Å². The summed E-state index contributed by atoms with van der Waals surface area (Å²) in [5.41, 5.74) is 5.86. The molecule has 20 heavy (non-hydrogen) atoms. The van der Waals surface area contributed by atoms with E-state index in [9.17, 15) is 4.79 Å². The van der Waals surface area contributed by atoms with Crippen molar-refractivity contribution < 1.29 is 10.0 Å². The molecular weight excluding hydrogens is 278 g/mol. The Morgan fingerprint density at radius 1 is 1.45 bits per heavy atom. The zero-order valence-corrected chi connectivity index (χ0v) is 12.1. The first-order valence-corrected chi connectivity index (χ1v) is 6.85. The van der Waals surface area contributed by atoms with Crippen LogP contribution >= 0.6 is 11.6 Å². The Labute approximate surface area is 123 Å². The first-order chi connectivity index (χ1) is 9.49. The molecule has 108 valence electrons. The fourth-order valence-corrected chi connectivity index (χ4v) is 2.63. The molecule has 1 aliphatic rings. The molecule has 0 unspecified atom stereocenters. The Hall–Kier alpha value is -1.75. The van der Waals surface area contributed by atoms with Crippen LogP contribution in [0.15, 0.2) is 29.4 Å². The lowest BCUT2D eigenvalue weighted by Gasteiger charge is -2.41. The van der Waals surface area contributed by atoms with Gasteiger partial charge in [-0.2, -0.15) is 0 Å². The molecule has 0 atom stereocenters. The predicted molar refractivity (Wildman–Crippen MR) is 77.6 cm³/mol. The summed E-state index contributed by atoms with van der Waals surface area (Å²) in [5.74, 6) is -0.0919. The van der Waals surface area contributed by atoms with Crippen molar-refractivity contribution in [3.8, 4) is 0 Å². The Morgan fingerprint density at radius 3 is 2.50 bits per heavy atom. The highest BCUT2D eigenvalue weighted by atomic mass is 35.5. The van der Waals surface area contributed by atoms with Crippen molar-refractivity contribution in [1.82, 2.24) is 4.90 Å². The van der Waals surface area contributed by atoms with Gasteiger partial charge in [-0.25, -0.2) is 0 Å². The van der Waals surface area contributed by atoms with E-state index >= 15 is 0 Å². The summed E-state index contributed by atoms with van der Waals surface area (Å²) in [7, 11) is 1.72. The van der Waals surface area contributed by atoms with E-state index in [1.54, 1.807) is 24.1 Å². The normalized spacial score (nSPS) is 17.4. The lowest BCUT2D eigenvalue weighted by Crippen LogP contribution is -2.54. The number of benzene rings is 1. The topological polar surface area (TPSA) is 78.9 Å². The fraction of sp³-hybridized carbons (Fsp3) is 0.429. The molecule has 0 heterocycles. The monoisotopic (exact) mass is 295 g/mol. The zero-order valence-electron chi connectivity index (χ0n) is 11.3. The standard InChI is InChI=1S/C14H18ClN3O2/c1-18(9-10-3-5-11(15)6-4-10)13(19)14(7-2-8-14)12(16)17-20/h3-6,20H,2,7-9H2,1H3,(H2,16,17). The molecule has 1 saturated carbocycles. The molecule has 5 nitrogen and oxygen atoms in total. The van der Waals surface area contributed by atoms with Gasteiger partial charge in [0.2, 0.25) is 5.91 Å². The number of carbonyl (C=O) groups excluding carboxylic acids is 1. The molecule has 0 aromatic heterocycles. The Balaban J connectivity index is 2.10. The van der Waals surface area contributed by atoms with Crippen LogP contribution in [-0.2, 0) is 11.3 Å². The highest BCUT2D eigenvalue weighted by Gasteiger charge is 2.49. The van der Waals surface area contributed by atoms with Crippen LogP contribution in [0.5, 0.6) is 0 Å². The number of oxime groups is 1. The maximum atomic E-state index is 12.5. The van der Waals surface area contributed by atoms with E-state index in [4.69, 9.17) is 22.5 Å². The Kier molecular flexibility index (Phi) is 4.18. The van der Waals surface area contributed by atoms with Gasteiger partial charge in [0.05, 0.1) is 0 Å². The molecule has 1 amide bonds. The summed E-state index contributed by atoms with van der Waals surface area (Å²) in [4.78, 5) is 14.2. The van der Waals surface area contributed by atoms with Gasteiger partial charge in [-0.15, -0.1) is 0 Å². The quantitative estimate of drug-likeness (QED) is 0.387. The molecule has 3 N–H and O–H groups in total. The number of hydrogen-bond donors (Lipinski definition) is 2. The van der Waals surface area contributed by atoms with Crippen molar-refractivity contribution in [1.29, 1.82) is 0 Å². The molecule has 1 aliphatic carbocycles. The number of nitrogens with two attached hydrogens (primary N) is 1. The van der Waals surface area contributed by atoms with Gasteiger partial charge in [0.1, 0.15) is 5.41 Å². The summed E-state index contributed by atoms with van der Waals surface area (Å²) >= 11 is 5.83. The van der Waals surface area contributed by atoms with Gasteiger partial charge in [-0.1, -0.05) is 35.3 Å². The van der Waals surface area contributed by atoms with Crippen molar-refractivity contribution in [2.45, 2.75) is 25.8 Å². The highest BCUT2D eigenvalue weighted by Crippen LogP contribution is 2.42. The minimum atomic E-state index is -0.823. The van der Waals surface area contributed by atoms with Crippen LogP contribution in [0.1, 0.15) is 24.8 Å². The van der Waals surface area contributed by atoms with Gasteiger partial charge < -0.3 is 15.8 Å². The number of rotatable bonds is 4. The second kappa shape index (κ2) is 5.71. The first kappa shape index (κ1) is 14.7. The maximum Gasteiger partial charge on any atom is 0.236 e. The third kappa shape index (κ3) is 2.58. The van der Waals surface area contributed by atoms with Crippen molar-refractivity contribution >= 4 is 23.3 Å². The summed E-state index contributed by atoms with van der Waals surface area (Å²) in [5, 5.41) is 12.6. The van der Waals surface area contributed by atoms with Gasteiger partial charge in [0.25, 0.3) is 0 Å². The van der Waals surface area contributed by atoms with Crippen LogP contribution in [-0.4, -0.2) is 28.9 Å². The van der Waals surface area contributed by atoms with Crippen molar-refractivity contribution in [2.75, 3.05) is 7.05 Å². The molecule has 6 heteroatoms. The highest BCUT2D eigenvalue weighted by molar-refractivity contribution is 6.30. The largest absolute Gasteiger partial charge is 0.409 e. The zero-order chi connectivity index (χ0) is 14.8. The number of nitrogens with zero attached hydrogens (tertiary/aromatic N) is 2. The molecule has 0 spiro atoms. The molecule has 1 aromatic carbocycles. The van der Waals surface area contributed by atoms with Crippen molar-refractivity contribution in [2.24, 2.45) is 16.3 Å². The average Bonchev–Trinajstić information content (AvgIpc) is 2.39. The molecule has 0 bridgehead atoms. The van der Waals surface area contributed by atoms with Crippen LogP contribution < -0.4 is 5.73 Å². The van der Waals surface area contributed by atoms with E-state index < -0.39 is 5.41 Å². The number of halogens is 1. The molecule has 2 rings (SSSR count). The third-order valence-electron chi connectivity index (χ3n) is 3.89. The molecule has 1 aromatic rings. The van der Waals surface area contributed by atoms with Crippen LogP contribution in [0, 0.1) is 5.41 Å². The van der Waals surface area contributed by atoms with Gasteiger partial charge >= 0.3 is 0 Å². The lowest BCUT2D eigenvalue weighted by molar-refractivity contribution is -0.141. The van der Waals surface area contributed by atoms with E-state index in [0.29, 0.717) is 24.4 Å². The van der Waals surface area contributed by atoms with Gasteiger partial charge in [0, 0.05) is 18.6 Å². The molecule has 0 radical (unpaired) electrons. The smallest absolute Gasteiger partial charge is 0.236 e. The number of carbonyl (C=O) groups is 1. The first-order valence-electron chi connectivity index (χ1n) is 6.47. The van der Waals surface area contributed by atoms with Gasteiger partial charge in [0.15, 0.2) is 5.84 Å². The summed E-state index contributed by atoms with van der Waals surface area (Å²) in [6.45, 7) is 0.469. The van der Waals surface area contributed by atoms with E-state index in [-0.39, 0.29) is 11.7 Å². The molecule has 1 fully saturated rings. The van der Waals surface area contributed by atoms with Crippen molar-refractivity contribution in [3.63, 3.8) is 0 Å². The van der Waals surface area contributed by atoms with E-state index in [1.807, 2.05) is 12.1 Å². The van der Waals surface area contributed by atoms with Gasteiger partial charge in [-0.3, -0.25) is 4.79 Å². The van der Waals surface area contributed by atoms with E-state index in [0.717, 1.165) is 12.0 Å². The van der Waals surface area contributed by atoms with E-state index in [1.165, 1.54) is 0 Å². The number of amidine groups is 1.